The summed E-state index contributed by atoms with van der Waals surface area (Å²) in [5.74, 6) is 0. The molecule has 6 nitrogen and oxygen atoms in total. The van der Waals surface area contributed by atoms with Crippen LogP contribution in [0.3, 0.4) is 0 Å². The minimum Gasteiger partial charge on any atom is -0.393 e. The standard InChI is InChI=1S/C7H5F2N3O3/c8-7(9)3-1-11-4(2-13)6(5(3)10)12(14)15/h1-2,7H,(H2,10,11). The van der Waals surface area contributed by atoms with Crippen molar-refractivity contribution in [2.75, 3.05) is 5.73 Å². The molecule has 0 aliphatic carbocycles. The second kappa shape index (κ2) is 3.95. The van der Waals surface area contributed by atoms with Crippen molar-refractivity contribution in [3.05, 3.63) is 27.6 Å². The van der Waals surface area contributed by atoms with Crippen LogP contribution in [0, 0.1) is 10.1 Å². The SMILES string of the molecule is Nc1c(C(F)F)cnc(C=O)c1[N+](=O)[O-]. The first-order valence-corrected chi connectivity index (χ1v) is 3.65. The van der Waals surface area contributed by atoms with Gasteiger partial charge < -0.3 is 5.73 Å². The molecular formula is C7H5F2N3O3. The van der Waals surface area contributed by atoms with E-state index in [1.54, 1.807) is 0 Å². The number of nitrogens with two attached hydrogens (primary N) is 1. The summed E-state index contributed by atoms with van der Waals surface area (Å²) in [7, 11) is 0. The van der Waals surface area contributed by atoms with Crippen molar-refractivity contribution in [2.24, 2.45) is 0 Å². The maximum atomic E-state index is 12.3. The van der Waals surface area contributed by atoms with Gasteiger partial charge in [-0.3, -0.25) is 14.9 Å². The van der Waals surface area contributed by atoms with Gasteiger partial charge in [0.25, 0.3) is 6.43 Å². The van der Waals surface area contributed by atoms with Crippen molar-refractivity contribution >= 4 is 17.7 Å². The van der Waals surface area contributed by atoms with Crippen molar-refractivity contribution in [3.63, 3.8) is 0 Å². The monoisotopic (exact) mass is 217 g/mol. The Hall–Kier alpha value is -2.12. The van der Waals surface area contributed by atoms with Gasteiger partial charge >= 0.3 is 5.69 Å². The van der Waals surface area contributed by atoms with Gasteiger partial charge in [0.15, 0.2) is 12.0 Å². The number of nitrogens with zero attached hydrogens (tertiary/aromatic N) is 2. The molecule has 0 aliphatic heterocycles. The lowest BCUT2D eigenvalue weighted by Crippen LogP contribution is -2.06. The molecule has 1 aromatic heterocycles. The molecule has 0 unspecified atom stereocenters. The Labute approximate surface area is 81.9 Å². The Morgan fingerprint density at radius 3 is 2.60 bits per heavy atom. The third-order valence-corrected chi connectivity index (χ3v) is 1.68. The topological polar surface area (TPSA) is 99.1 Å². The quantitative estimate of drug-likeness (QED) is 0.467. The Kier molecular flexibility index (Phi) is 2.88. The largest absolute Gasteiger partial charge is 0.393 e. The van der Waals surface area contributed by atoms with Crippen molar-refractivity contribution in [3.8, 4) is 0 Å². The summed E-state index contributed by atoms with van der Waals surface area (Å²) in [6.07, 6.45) is -2.24. The van der Waals surface area contributed by atoms with Gasteiger partial charge in [-0.2, -0.15) is 0 Å². The van der Waals surface area contributed by atoms with E-state index in [0.29, 0.717) is 6.20 Å². The Balaban J connectivity index is 3.49. The number of rotatable bonds is 3. The molecule has 1 aromatic rings. The number of aromatic nitrogens is 1. The van der Waals surface area contributed by atoms with Gasteiger partial charge in [-0.1, -0.05) is 0 Å². The Morgan fingerprint density at radius 2 is 2.20 bits per heavy atom. The van der Waals surface area contributed by atoms with Gasteiger partial charge in [0.1, 0.15) is 5.69 Å². The van der Waals surface area contributed by atoms with E-state index in [1.807, 2.05) is 0 Å². The number of nitrogen functional groups attached to an aromatic ring is 1. The highest BCUT2D eigenvalue weighted by Crippen LogP contribution is 2.32. The number of carbonyl (C=O) groups excluding carboxylic acids is 1. The number of alkyl halides is 2. The summed E-state index contributed by atoms with van der Waals surface area (Å²) < 4.78 is 24.6. The molecule has 0 spiro atoms. The molecule has 0 saturated carbocycles. The lowest BCUT2D eigenvalue weighted by molar-refractivity contribution is -0.384. The molecule has 0 fully saturated rings. The Morgan fingerprint density at radius 1 is 1.60 bits per heavy atom. The lowest BCUT2D eigenvalue weighted by Gasteiger charge is -2.05. The van der Waals surface area contributed by atoms with Gasteiger partial charge in [-0.15, -0.1) is 0 Å². The van der Waals surface area contributed by atoms with Crippen LogP contribution in [0.4, 0.5) is 20.2 Å². The van der Waals surface area contributed by atoms with Crippen LogP contribution in [0.1, 0.15) is 22.5 Å². The van der Waals surface area contributed by atoms with Gasteiger partial charge in [0.2, 0.25) is 0 Å². The lowest BCUT2D eigenvalue weighted by atomic mass is 10.2. The van der Waals surface area contributed by atoms with Crippen molar-refractivity contribution in [2.45, 2.75) is 6.43 Å². The molecule has 0 atom stereocenters. The number of hydrogen-bond acceptors (Lipinski definition) is 5. The molecule has 0 radical (unpaired) electrons. The maximum absolute atomic E-state index is 12.3. The summed E-state index contributed by atoms with van der Waals surface area (Å²) in [6, 6.07) is 0. The summed E-state index contributed by atoms with van der Waals surface area (Å²) in [5.41, 5.74) is 2.20. The third-order valence-electron chi connectivity index (χ3n) is 1.68. The Bertz CT molecular complexity index is 422. The van der Waals surface area contributed by atoms with E-state index in [9.17, 15) is 23.7 Å². The van der Waals surface area contributed by atoms with Crippen LogP contribution in [0.25, 0.3) is 0 Å². The number of aldehydes is 1. The highest BCUT2D eigenvalue weighted by molar-refractivity contribution is 5.84. The number of anilines is 1. The van der Waals surface area contributed by atoms with E-state index in [0.717, 1.165) is 0 Å². The van der Waals surface area contributed by atoms with Crippen LogP contribution >= 0.6 is 0 Å². The molecule has 1 rings (SSSR count). The zero-order valence-electron chi connectivity index (χ0n) is 7.18. The van der Waals surface area contributed by atoms with E-state index >= 15 is 0 Å². The van der Waals surface area contributed by atoms with Crippen LogP contribution in [0.5, 0.6) is 0 Å². The number of halogens is 2. The fourth-order valence-corrected chi connectivity index (χ4v) is 0.996. The molecule has 8 heteroatoms. The minimum absolute atomic E-state index is 0.0870. The molecule has 0 saturated heterocycles. The average Bonchev–Trinajstić information content (AvgIpc) is 2.15. The van der Waals surface area contributed by atoms with Crippen LogP contribution in [0.15, 0.2) is 6.20 Å². The molecule has 0 amide bonds. The number of hydrogen-bond donors (Lipinski definition) is 1. The molecular weight excluding hydrogens is 212 g/mol. The first kappa shape index (κ1) is 11.0. The molecule has 2 N–H and O–H groups in total. The van der Waals surface area contributed by atoms with E-state index in [-0.39, 0.29) is 6.29 Å². The fraction of sp³-hybridized carbons (Fsp3) is 0.143. The van der Waals surface area contributed by atoms with Gasteiger partial charge in [0.05, 0.1) is 10.5 Å². The molecule has 0 bridgehead atoms. The predicted octanol–water partition coefficient (Wildman–Crippen LogP) is 1.32. The van der Waals surface area contributed by atoms with Crippen LogP contribution in [-0.4, -0.2) is 16.2 Å². The molecule has 0 aromatic carbocycles. The van der Waals surface area contributed by atoms with Crippen LogP contribution in [0.2, 0.25) is 0 Å². The third kappa shape index (κ3) is 1.87. The molecule has 1 heterocycles. The normalized spacial score (nSPS) is 10.3. The molecule has 0 aliphatic rings. The van der Waals surface area contributed by atoms with Gasteiger partial charge in [-0.05, 0) is 0 Å². The summed E-state index contributed by atoms with van der Waals surface area (Å²) >= 11 is 0. The van der Waals surface area contributed by atoms with Crippen LogP contribution in [-0.2, 0) is 0 Å². The molecule has 15 heavy (non-hydrogen) atoms. The summed E-state index contributed by atoms with van der Waals surface area (Å²) in [4.78, 5) is 23.0. The summed E-state index contributed by atoms with van der Waals surface area (Å²) in [6.45, 7) is 0. The summed E-state index contributed by atoms with van der Waals surface area (Å²) in [5, 5.41) is 10.5. The maximum Gasteiger partial charge on any atom is 0.321 e. The zero-order chi connectivity index (χ0) is 11.6. The first-order valence-electron chi connectivity index (χ1n) is 3.65. The zero-order valence-corrected chi connectivity index (χ0v) is 7.18. The highest BCUT2D eigenvalue weighted by Gasteiger charge is 2.25. The van der Waals surface area contributed by atoms with Crippen molar-refractivity contribution in [1.29, 1.82) is 0 Å². The minimum atomic E-state index is -2.98. The molecule has 80 valence electrons. The second-order valence-electron chi connectivity index (χ2n) is 2.54. The second-order valence-corrected chi connectivity index (χ2v) is 2.54. The van der Waals surface area contributed by atoms with Crippen molar-refractivity contribution in [1.82, 2.24) is 4.98 Å². The highest BCUT2D eigenvalue weighted by atomic mass is 19.3. The van der Waals surface area contributed by atoms with E-state index in [4.69, 9.17) is 5.73 Å². The van der Waals surface area contributed by atoms with Gasteiger partial charge in [0, 0.05) is 6.20 Å². The van der Waals surface area contributed by atoms with E-state index in [2.05, 4.69) is 4.98 Å². The van der Waals surface area contributed by atoms with Gasteiger partial charge in [-0.25, -0.2) is 13.8 Å². The van der Waals surface area contributed by atoms with Crippen molar-refractivity contribution < 1.29 is 18.5 Å². The number of nitro groups is 1. The fourth-order valence-electron chi connectivity index (χ4n) is 0.996. The number of carbonyl (C=O) groups is 1. The van der Waals surface area contributed by atoms with Crippen LogP contribution < -0.4 is 5.73 Å². The average molecular weight is 217 g/mol. The number of pyridine rings is 1. The van der Waals surface area contributed by atoms with E-state index in [1.165, 1.54) is 0 Å². The smallest absolute Gasteiger partial charge is 0.321 e. The van der Waals surface area contributed by atoms with E-state index < -0.39 is 34.0 Å². The predicted molar refractivity (Wildman–Crippen MR) is 45.6 cm³/mol. The first-order chi connectivity index (χ1) is 6.99.